The SMILES string of the molecule is CCOC(=N)N.O=S(=O)([O-])[O-].[H+].[Na+]. The smallest absolute Gasteiger partial charge is 0.759 e. The van der Waals surface area contributed by atoms with Crippen LogP contribution in [-0.4, -0.2) is 30.2 Å². The second-order valence-corrected chi connectivity index (χ2v) is 2.02. The molecule has 0 atom stereocenters. The van der Waals surface area contributed by atoms with Gasteiger partial charge in [0.15, 0.2) is 0 Å². The zero-order valence-corrected chi connectivity index (χ0v) is 9.55. The second-order valence-electron chi connectivity index (χ2n) is 1.21. The maximum absolute atomic E-state index is 8.52. The van der Waals surface area contributed by atoms with Crippen molar-refractivity contribution in [1.29, 1.82) is 5.41 Å². The van der Waals surface area contributed by atoms with E-state index in [1.54, 1.807) is 6.92 Å². The van der Waals surface area contributed by atoms with Gasteiger partial charge in [-0.25, -0.2) is 0 Å². The average molecular weight is 208 g/mol. The van der Waals surface area contributed by atoms with Crippen molar-refractivity contribution >= 4 is 16.4 Å². The molecule has 0 saturated heterocycles. The molecule has 0 aliphatic carbocycles. The van der Waals surface area contributed by atoms with Gasteiger partial charge in [-0.1, -0.05) is 0 Å². The van der Waals surface area contributed by atoms with Crippen LogP contribution in [0.15, 0.2) is 0 Å². The van der Waals surface area contributed by atoms with Gasteiger partial charge in [0.25, 0.3) is 6.02 Å². The largest absolute Gasteiger partial charge is 1.00 e. The van der Waals surface area contributed by atoms with Crippen LogP contribution in [0.1, 0.15) is 8.35 Å². The first kappa shape index (κ1) is 18.0. The van der Waals surface area contributed by atoms with Crippen LogP contribution in [0.25, 0.3) is 0 Å². The molecular weight excluding hydrogens is 199 g/mol. The summed E-state index contributed by atoms with van der Waals surface area (Å²) in [6.07, 6.45) is 0. The average Bonchev–Trinajstić information content (AvgIpc) is 1.58. The molecule has 0 aromatic heterocycles. The van der Waals surface area contributed by atoms with Crippen LogP contribution in [0.3, 0.4) is 0 Å². The van der Waals surface area contributed by atoms with E-state index in [2.05, 4.69) is 4.74 Å². The van der Waals surface area contributed by atoms with Crippen molar-refractivity contribution in [1.82, 2.24) is 0 Å². The standard InChI is InChI=1S/C3H8N2O.Na.H2O4S/c1-2-6-3(4)5;;1-5(2,3)4/h2H2,1H3,(H3,4,5);;(H2,1,2,3,4)/q;+1;/p-1. The Bertz CT molecular complexity index is 200. The van der Waals surface area contributed by atoms with Crippen molar-refractivity contribution in [3.63, 3.8) is 0 Å². The fourth-order valence-corrected chi connectivity index (χ4v) is 0.156. The van der Waals surface area contributed by atoms with Crippen LogP contribution >= 0.6 is 0 Å². The zero-order chi connectivity index (χ0) is 9.49. The van der Waals surface area contributed by atoms with E-state index in [1.807, 2.05) is 0 Å². The molecule has 9 heteroatoms. The van der Waals surface area contributed by atoms with Gasteiger partial charge in [0.1, 0.15) is 0 Å². The Morgan fingerprint density at radius 2 is 1.92 bits per heavy atom. The van der Waals surface area contributed by atoms with Crippen LogP contribution in [0.2, 0.25) is 0 Å². The van der Waals surface area contributed by atoms with Gasteiger partial charge in [0.05, 0.1) is 6.61 Å². The van der Waals surface area contributed by atoms with Crippen molar-refractivity contribution < 1.29 is 53.2 Å². The molecule has 0 bridgehead atoms. The van der Waals surface area contributed by atoms with Crippen molar-refractivity contribution in [2.24, 2.45) is 5.73 Å². The van der Waals surface area contributed by atoms with Gasteiger partial charge in [-0.3, -0.25) is 13.8 Å². The maximum Gasteiger partial charge on any atom is 1.00 e. The molecule has 0 amide bonds. The number of nitrogens with two attached hydrogens (primary N) is 1. The van der Waals surface area contributed by atoms with Gasteiger partial charge in [0.2, 0.25) is 0 Å². The quantitative estimate of drug-likeness (QED) is 0.147. The van der Waals surface area contributed by atoms with Gasteiger partial charge >= 0.3 is 31.0 Å². The Kier molecular flexibility index (Phi) is 13.9. The van der Waals surface area contributed by atoms with Gasteiger partial charge in [-0.2, -0.15) is 0 Å². The summed E-state index contributed by atoms with van der Waals surface area (Å²) in [4.78, 5) is 0. The summed E-state index contributed by atoms with van der Waals surface area (Å²) >= 11 is 0. The Labute approximate surface area is 94.1 Å². The van der Waals surface area contributed by atoms with Gasteiger partial charge in [-0.05, 0) is 6.92 Å². The molecule has 3 N–H and O–H groups in total. The molecule has 0 radical (unpaired) electrons. The molecule has 0 fully saturated rings. The Morgan fingerprint density at radius 3 is 1.92 bits per heavy atom. The minimum atomic E-state index is -5.17. The topological polar surface area (TPSA) is 139 Å². The summed E-state index contributed by atoms with van der Waals surface area (Å²) in [7, 11) is -5.17. The number of nitrogens with one attached hydrogen (secondary N) is 1. The van der Waals surface area contributed by atoms with E-state index in [9.17, 15) is 0 Å². The fourth-order valence-electron chi connectivity index (χ4n) is 0.156. The first-order chi connectivity index (χ1) is 4.77. The molecule has 0 spiro atoms. The van der Waals surface area contributed by atoms with E-state index >= 15 is 0 Å². The monoisotopic (exact) mass is 208 g/mol. The normalized spacial score (nSPS) is 8.58. The van der Waals surface area contributed by atoms with Crippen LogP contribution in [0.4, 0.5) is 0 Å². The van der Waals surface area contributed by atoms with E-state index in [0.717, 1.165) is 0 Å². The molecule has 0 heterocycles. The minimum Gasteiger partial charge on any atom is -0.759 e. The van der Waals surface area contributed by atoms with Crippen LogP contribution < -0.4 is 35.3 Å². The first-order valence-corrected chi connectivity index (χ1v) is 3.74. The third kappa shape index (κ3) is 85.9. The first-order valence-electron chi connectivity index (χ1n) is 2.41. The van der Waals surface area contributed by atoms with Crippen molar-refractivity contribution in [3.05, 3.63) is 0 Å². The molecule has 0 aromatic carbocycles. The van der Waals surface area contributed by atoms with Crippen molar-refractivity contribution in [2.75, 3.05) is 6.61 Å². The maximum atomic E-state index is 8.52. The molecule has 0 aliphatic rings. The summed E-state index contributed by atoms with van der Waals surface area (Å²) in [6, 6.07) is -0.211. The predicted molar refractivity (Wildman–Crippen MR) is 35.1 cm³/mol. The summed E-state index contributed by atoms with van der Waals surface area (Å²) in [5.74, 6) is 0. The molecule has 12 heavy (non-hydrogen) atoms. The van der Waals surface area contributed by atoms with E-state index in [-0.39, 0.29) is 37.0 Å². The molecule has 0 aliphatic heterocycles. The van der Waals surface area contributed by atoms with Crippen LogP contribution in [0, 0.1) is 5.41 Å². The predicted octanol–water partition coefficient (Wildman–Crippen LogP) is -4.31. The molecule has 7 nitrogen and oxygen atoms in total. The number of rotatable bonds is 1. The number of hydrogen-bond donors (Lipinski definition) is 2. The summed E-state index contributed by atoms with van der Waals surface area (Å²) in [5.41, 5.74) is 4.76. The Balaban J connectivity index is -0.0000000546. The molecule has 0 unspecified atom stereocenters. The number of hydrogen-bond acceptors (Lipinski definition) is 6. The van der Waals surface area contributed by atoms with E-state index < -0.39 is 10.4 Å². The molecule has 68 valence electrons. The third-order valence-corrected chi connectivity index (χ3v) is 0.300. The zero-order valence-electron chi connectivity index (χ0n) is 7.73. The van der Waals surface area contributed by atoms with Crippen LogP contribution in [0.5, 0.6) is 0 Å². The van der Waals surface area contributed by atoms with Gasteiger partial charge in [0, 0.05) is 10.4 Å². The summed E-state index contributed by atoms with van der Waals surface area (Å²) in [5, 5.41) is 6.45. The van der Waals surface area contributed by atoms with Gasteiger partial charge in [-0.15, -0.1) is 0 Å². The molecule has 0 saturated carbocycles. The van der Waals surface area contributed by atoms with Crippen LogP contribution in [-0.2, 0) is 15.1 Å². The molecule has 0 rings (SSSR count). The molecular formula is C3H9N2NaO5S. The van der Waals surface area contributed by atoms with Crippen molar-refractivity contribution in [3.8, 4) is 0 Å². The van der Waals surface area contributed by atoms with Gasteiger partial charge < -0.3 is 19.6 Å². The van der Waals surface area contributed by atoms with E-state index in [0.29, 0.717) is 6.61 Å². The summed E-state index contributed by atoms with van der Waals surface area (Å²) in [6.45, 7) is 2.26. The third-order valence-electron chi connectivity index (χ3n) is 0.300. The summed E-state index contributed by atoms with van der Waals surface area (Å²) < 4.78 is 38.5. The molecule has 0 aromatic rings. The Morgan fingerprint density at radius 1 is 1.67 bits per heavy atom. The van der Waals surface area contributed by atoms with E-state index in [1.165, 1.54) is 0 Å². The minimum absolute atomic E-state index is 0. The Hall–Kier alpha value is 0.140. The second kappa shape index (κ2) is 9.23. The van der Waals surface area contributed by atoms with Crippen molar-refractivity contribution in [2.45, 2.75) is 6.92 Å². The fraction of sp³-hybridized carbons (Fsp3) is 0.667. The van der Waals surface area contributed by atoms with E-state index in [4.69, 9.17) is 28.7 Å². The number of ether oxygens (including phenoxy) is 1. The number of amidine groups is 1.